The molecule has 0 atom stereocenters. The number of carbonyl (C=O) groups is 2. The van der Waals surface area contributed by atoms with Crippen LogP contribution in [0.2, 0.25) is 5.02 Å². The Labute approximate surface area is 200 Å². The molecule has 0 unspecified atom stereocenters. The normalized spacial score (nSPS) is 13.3. The van der Waals surface area contributed by atoms with E-state index in [1.807, 2.05) is 6.08 Å². The number of Topliss-reactive ketones (excluding diaryl/α,β-unsaturated/α-hetero) is 1. The van der Waals surface area contributed by atoms with Gasteiger partial charge in [0.15, 0.2) is 5.78 Å². The number of fused-ring (bicyclic) bond motifs is 3. The highest BCUT2D eigenvalue weighted by atomic mass is 35.5. The minimum Gasteiger partial charge on any atom is -0.326 e. The number of allylic oxidation sites excluding steroid dienone is 3. The van der Waals surface area contributed by atoms with Crippen LogP contribution in [-0.4, -0.2) is 25.6 Å². The zero-order chi connectivity index (χ0) is 23.7. The minimum atomic E-state index is -0.311. The molecule has 1 aliphatic rings. The Bertz CT molecular complexity index is 1540. The zero-order valence-corrected chi connectivity index (χ0v) is 19.0. The van der Waals surface area contributed by atoms with Crippen LogP contribution in [-0.2, 0) is 11.3 Å². The summed E-state index contributed by atoms with van der Waals surface area (Å²) in [6, 6.07) is 11.7. The lowest BCUT2D eigenvalue weighted by Gasteiger charge is -2.12. The molecule has 0 spiro atoms. The summed E-state index contributed by atoms with van der Waals surface area (Å²) in [5.41, 5.74) is 2.93. The molecule has 0 aliphatic heterocycles. The van der Waals surface area contributed by atoms with Gasteiger partial charge in [-0.15, -0.1) is 0 Å². The first-order valence-electron chi connectivity index (χ1n) is 10.9. The number of hydrogen-bond donors (Lipinski definition) is 1. The molecule has 7 nitrogen and oxygen atoms in total. The zero-order valence-electron chi connectivity index (χ0n) is 18.2. The first-order chi connectivity index (χ1) is 16.5. The summed E-state index contributed by atoms with van der Waals surface area (Å²) < 4.78 is 3.16. The lowest BCUT2D eigenvalue weighted by atomic mass is 10.0. The van der Waals surface area contributed by atoms with Gasteiger partial charge in [0.05, 0.1) is 30.1 Å². The molecule has 8 heteroatoms. The third-order valence-corrected chi connectivity index (χ3v) is 6.05. The van der Waals surface area contributed by atoms with E-state index in [1.165, 1.54) is 4.57 Å². The predicted molar refractivity (Wildman–Crippen MR) is 132 cm³/mol. The van der Waals surface area contributed by atoms with Crippen molar-refractivity contribution in [1.29, 1.82) is 0 Å². The third kappa shape index (κ3) is 4.30. The van der Waals surface area contributed by atoms with Gasteiger partial charge in [-0.25, -0.2) is 4.98 Å². The minimum absolute atomic E-state index is 0.110. The van der Waals surface area contributed by atoms with Crippen LogP contribution in [0, 0.1) is 0 Å². The number of nitrogens with one attached hydrogen (secondary N) is 1. The molecule has 1 aliphatic carbocycles. The van der Waals surface area contributed by atoms with Gasteiger partial charge in [0.25, 0.3) is 5.56 Å². The van der Waals surface area contributed by atoms with E-state index in [0.717, 1.165) is 18.4 Å². The second kappa shape index (κ2) is 9.11. The Morgan fingerprint density at radius 2 is 1.91 bits per heavy atom. The maximum absolute atomic E-state index is 13.2. The van der Waals surface area contributed by atoms with Crippen LogP contribution >= 0.6 is 11.6 Å². The monoisotopic (exact) mass is 472 g/mol. The number of ketones is 1. The van der Waals surface area contributed by atoms with Crippen molar-refractivity contribution in [2.75, 3.05) is 5.32 Å². The molecule has 0 saturated heterocycles. The Morgan fingerprint density at radius 3 is 2.68 bits per heavy atom. The van der Waals surface area contributed by atoms with Crippen LogP contribution in [0.5, 0.6) is 0 Å². The van der Waals surface area contributed by atoms with Crippen molar-refractivity contribution in [3.05, 3.63) is 99.7 Å². The van der Waals surface area contributed by atoms with Gasteiger partial charge in [-0.2, -0.15) is 0 Å². The molecule has 1 amide bonds. The molecule has 0 saturated carbocycles. The Balaban J connectivity index is 1.35. The van der Waals surface area contributed by atoms with Gasteiger partial charge in [-0.05, 0) is 60.9 Å². The first kappa shape index (κ1) is 21.9. The molecule has 4 aromatic rings. The van der Waals surface area contributed by atoms with E-state index >= 15 is 0 Å². The van der Waals surface area contributed by atoms with E-state index in [1.54, 1.807) is 59.4 Å². The van der Waals surface area contributed by atoms with E-state index < -0.39 is 0 Å². The topological polar surface area (TPSA) is 85.5 Å². The van der Waals surface area contributed by atoms with E-state index in [2.05, 4.69) is 22.5 Å². The molecule has 5 rings (SSSR count). The van der Waals surface area contributed by atoms with Crippen LogP contribution in [0.25, 0.3) is 16.6 Å². The second-order valence-electron chi connectivity index (χ2n) is 8.16. The summed E-state index contributed by atoms with van der Waals surface area (Å²) in [5, 5.41) is 3.71. The maximum Gasteiger partial charge on any atom is 0.262 e. The fraction of sp³-hybridized carbons (Fsp3) is 0.154. The Hall–Kier alpha value is -3.97. The summed E-state index contributed by atoms with van der Waals surface area (Å²) in [6.07, 6.45) is 11.5. The number of halogens is 1. The van der Waals surface area contributed by atoms with Crippen molar-refractivity contribution in [2.45, 2.75) is 25.8 Å². The number of hydrogen-bond acceptors (Lipinski definition) is 4. The molecule has 1 N–H and O–H groups in total. The highest BCUT2D eigenvalue weighted by molar-refractivity contribution is 6.31. The second-order valence-corrected chi connectivity index (χ2v) is 8.60. The SMILES string of the molecule is O=C(CC1=CCCC=C1)Nc1ccc(C(=O)Cn2c(=O)c3cc(Cl)ccc3n3cncc23)cc1. The van der Waals surface area contributed by atoms with E-state index in [4.69, 9.17) is 11.6 Å². The predicted octanol–water partition coefficient (Wildman–Crippen LogP) is 4.79. The van der Waals surface area contributed by atoms with Gasteiger partial charge in [0, 0.05) is 16.3 Å². The van der Waals surface area contributed by atoms with Crippen molar-refractivity contribution in [3.8, 4) is 0 Å². The van der Waals surface area contributed by atoms with Crippen molar-refractivity contribution >= 4 is 45.5 Å². The lowest BCUT2D eigenvalue weighted by Crippen LogP contribution is -2.26. The summed E-state index contributed by atoms with van der Waals surface area (Å²) in [6.45, 7) is -0.150. The van der Waals surface area contributed by atoms with Gasteiger partial charge in [0.2, 0.25) is 5.91 Å². The molecule has 0 radical (unpaired) electrons. The van der Waals surface area contributed by atoms with Crippen molar-refractivity contribution in [3.63, 3.8) is 0 Å². The molecule has 2 aromatic carbocycles. The number of amides is 1. The average molecular weight is 473 g/mol. The number of anilines is 1. The Morgan fingerprint density at radius 1 is 1.09 bits per heavy atom. The number of rotatable bonds is 6. The van der Waals surface area contributed by atoms with E-state index in [-0.39, 0.29) is 23.8 Å². The van der Waals surface area contributed by atoms with Crippen LogP contribution in [0.3, 0.4) is 0 Å². The third-order valence-electron chi connectivity index (χ3n) is 5.82. The quantitative estimate of drug-likeness (QED) is 0.409. The van der Waals surface area contributed by atoms with Crippen molar-refractivity contribution in [1.82, 2.24) is 14.0 Å². The van der Waals surface area contributed by atoms with Gasteiger partial charge >= 0.3 is 0 Å². The highest BCUT2D eigenvalue weighted by Crippen LogP contribution is 2.19. The molecule has 34 heavy (non-hydrogen) atoms. The number of aromatic nitrogens is 3. The smallest absolute Gasteiger partial charge is 0.262 e. The van der Waals surface area contributed by atoms with Crippen LogP contribution in [0.15, 0.2) is 83.6 Å². The summed E-state index contributed by atoms with van der Waals surface area (Å²) in [7, 11) is 0. The number of imidazole rings is 1. The molecule has 2 aromatic heterocycles. The van der Waals surface area contributed by atoms with Gasteiger partial charge in [-0.3, -0.25) is 23.4 Å². The molecular weight excluding hydrogens is 452 g/mol. The molecule has 2 heterocycles. The van der Waals surface area contributed by atoms with E-state index in [0.29, 0.717) is 39.2 Å². The van der Waals surface area contributed by atoms with Crippen molar-refractivity contribution in [2.24, 2.45) is 0 Å². The van der Waals surface area contributed by atoms with Gasteiger partial charge in [-0.1, -0.05) is 29.8 Å². The molecule has 170 valence electrons. The van der Waals surface area contributed by atoms with Crippen molar-refractivity contribution < 1.29 is 9.59 Å². The Kier molecular flexibility index (Phi) is 5.86. The number of carbonyl (C=O) groups excluding carboxylic acids is 2. The maximum atomic E-state index is 13.2. The van der Waals surface area contributed by atoms with Gasteiger partial charge in [0.1, 0.15) is 12.0 Å². The van der Waals surface area contributed by atoms with Gasteiger partial charge < -0.3 is 5.32 Å². The fourth-order valence-corrected chi connectivity index (χ4v) is 4.30. The average Bonchev–Trinajstić information content (AvgIpc) is 3.32. The highest BCUT2D eigenvalue weighted by Gasteiger charge is 2.16. The first-order valence-corrected chi connectivity index (χ1v) is 11.3. The largest absolute Gasteiger partial charge is 0.326 e. The number of nitrogens with zero attached hydrogens (tertiary/aromatic N) is 3. The fourth-order valence-electron chi connectivity index (χ4n) is 4.13. The molecule has 0 fully saturated rings. The standard InChI is InChI=1S/C26H21ClN4O3/c27-19-8-11-22-21(13-19)26(34)30(25-14-28-16-31(22)25)15-23(32)18-6-9-20(10-7-18)29-24(33)12-17-4-2-1-3-5-17/h2,4-11,13-14,16H,1,3,12,15H2,(H,29,33). The van der Waals surface area contributed by atoms with Crippen LogP contribution < -0.4 is 10.9 Å². The van der Waals surface area contributed by atoms with Crippen LogP contribution in [0.4, 0.5) is 5.69 Å². The summed E-state index contributed by atoms with van der Waals surface area (Å²) in [5.74, 6) is -0.344. The summed E-state index contributed by atoms with van der Waals surface area (Å²) >= 11 is 6.10. The van der Waals surface area contributed by atoms with Crippen LogP contribution in [0.1, 0.15) is 29.6 Å². The van der Waals surface area contributed by atoms with E-state index in [9.17, 15) is 14.4 Å². The molecular formula is C26H21ClN4O3. The molecule has 0 bridgehead atoms. The lowest BCUT2D eigenvalue weighted by molar-refractivity contribution is -0.115. The summed E-state index contributed by atoms with van der Waals surface area (Å²) in [4.78, 5) is 42.6. The number of benzene rings is 2.